The molecule has 0 aliphatic heterocycles. The monoisotopic (exact) mass is 257 g/mol. The van der Waals surface area contributed by atoms with Gasteiger partial charge >= 0.3 is 5.97 Å². The van der Waals surface area contributed by atoms with E-state index in [9.17, 15) is 4.79 Å². The lowest BCUT2D eigenvalue weighted by molar-refractivity contribution is -0.136. The molecule has 1 atom stereocenters. The van der Waals surface area contributed by atoms with Crippen LogP contribution in [0.5, 0.6) is 0 Å². The zero-order valence-electron chi connectivity index (χ0n) is 10.5. The number of rotatable bonds is 7. The van der Waals surface area contributed by atoms with Crippen molar-refractivity contribution in [1.29, 1.82) is 0 Å². The van der Waals surface area contributed by atoms with Gasteiger partial charge in [-0.25, -0.2) is 9.67 Å². The van der Waals surface area contributed by atoms with Crippen molar-refractivity contribution in [2.45, 2.75) is 44.7 Å². The first kappa shape index (κ1) is 14.0. The molecule has 0 amide bonds. The molecule has 0 spiro atoms. The number of hydrogen-bond acceptors (Lipinski definition) is 4. The zero-order valence-corrected chi connectivity index (χ0v) is 11.3. The maximum Gasteiger partial charge on any atom is 0.304 e. The number of hydrogen-bond donors (Lipinski definition) is 1. The first-order valence-electron chi connectivity index (χ1n) is 5.69. The van der Waals surface area contributed by atoms with Crippen LogP contribution in [-0.2, 0) is 17.1 Å². The number of aliphatic carboxylic acids is 1. The van der Waals surface area contributed by atoms with Gasteiger partial charge in [0.2, 0.25) is 0 Å². The number of aromatic nitrogens is 3. The molecule has 1 aromatic rings. The van der Waals surface area contributed by atoms with Crippen molar-refractivity contribution in [2.24, 2.45) is 5.92 Å². The molecule has 6 heteroatoms. The molecule has 5 nitrogen and oxygen atoms in total. The summed E-state index contributed by atoms with van der Waals surface area (Å²) in [6, 6.07) is 0. The maximum absolute atomic E-state index is 10.5. The molecule has 1 rings (SSSR count). The molecular formula is C11H19N3O2S. The summed E-state index contributed by atoms with van der Waals surface area (Å²) in [4.78, 5) is 14.7. The first-order valence-corrected chi connectivity index (χ1v) is 6.74. The third kappa shape index (κ3) is 5.21. The number of carbonyl (C=O) groups is 1. The maximum atomic E-state index is 10.5. The lowest BCUT2D eigenvalue weighted by Crippen LogP contribution is -2.11. The number of carboxylic acids is 1. The highest BCUT2D eigenvalue weighted by Gasteiger charge is 2.11. The first-order chi connectivity index (χ1) is 7.99. The van der Waals surface area contributed by atoms with Crippen LogP contribution in [0.15, 0.2) is 6.33 Å². The summed E-state index contributed by atoms with van der Waals surface area (Å²) >= 11 is 1.60. The minimum absolute atomic E-state index is 0.0942. The second-order valence-corrected chi connectivity index (χ2v) is 5.90. The molecular weight excluding hydrogens is 238 g/mol. The van der Waals surface area contributed by atoms with E-state index in [1.165, 1.54) is 0 Å². The lowest BCUT2D eigenvalue weighted by Gasteiger charge is -2.10. The SMILES string of the molecule is CC(C)Cn1ncnc1CSC(C)CC(=O)O. The Morgan fingerprint density at radius 3 is 2.82 bits per heavy atom. The van der Waals surface area contributed by atoms with Crippen molar-refractivity contribution in [3.05, 3.63) is 12.2 Å². The highest BCUT2D eigenvalue weighted by molar-refractivity contribution is 7.99. The number of carboxylic acid groups (broad SMARTS) is 1. The van der Waals surface area contributed by atoms with Gasteiger partial charge < -0.3 is 5.11 Å². The predicted octanol–water partition coefficient (Wildman–Crippen LogP) is 2.03. The fourth-order valence-corrected chi connectivity index (χ4v) is 2.34. The molecule has 0 aromatic carbocycles. The second kappa shape index (κ2) is 6.64. The van der Waals surface area contributed by atoms with Crippen molar-refractivity contribution < 1.29 is 9.90 Å². The van der Waals surface area contributed by atoms with Crippen LogP contribution in [0, 0.1) is 5.92 Å². The van der Waals surface area contributed by atoms with Gasteiger partial charge in [-0.15, -0.1) is 0 Å². The van der Waals surface area contributed by atoms with E-state index < -0.39 is 5.97 Å². The molecule has 1 heterocycles. The van der Waals surface area contributed by atoms with Crippen molar-refractivity contribution in [2.75, 3.05) is 0 Å². The Kier molecular flexibility index (Phi) is 5.47. The van der Waals surface area contributed by atoms with Crippen molar-refractivity contribution in [1.82, 2.24) is 14.8 Å². The summed E-state index contributed by atoms with van der Waals surface area (Å²) < 4.78 is 1.89. The van der Waals surface area contributed by atoms with Crippen LogP contribution in [0.1, 0.15) is 33.0 Å². The standard InChI is InChI=1S/C11H19N3O2S/c1-8(2)5-14-10(12-7-13-14)6-17-9(3)4-11(15)16/h7-9H,4-6H2,1-3H3,(H,15,16). The van der Waals surface area contributed by atoms with Crippen LogP contribution in [0.2, 0.25) is 0 Å². The summed E-state index contributed by atoms with van der Waals surface area (Å²) in [5.41, 5.74) is 0. The highest BCUT2D eigenvalue weighted by atomic mass is 32.2. The minimum Gasteiger partial charge on any atom is -0.481 e. The predicted molar refractivity (Wildman–Crippen MR) is 67.9 cm³/mol. The molecule has 1 unspecified atom stereocenters. The molecule has 0 saturated heterocycles. The van der Waals surface area contributed by atoms with Gasteiger partial charge in [-0.05, 0) is 5.92 Å². The molecule has 17 heavy (non-hydrogen) atoms. The molecule has 0 aliphatic rings. The van der Waals surface area contributed by atoms with Crippen molar-refractivity contribution in [3.63, 3.8) is 0 Å². The van der Waals surface area contributed by atoms with Gasteiger partial charge in [0.25, 0.3) is 0 Å². The normalized spacial score (nSPS) is 12.9. The largest absolute Gasteiger partial charge is 0.481 e. The van der Waals surface area contributed by atoms with E-state index in [1.54, 1.807) is 18.1 Å². The Bertz CT molecular complexity index is 365. The Balaban J connectivity index is 2.46. The van der Waals surface area contributed by atoms with E-state index in [1.807, 2.05) is 11.6 Å². The molecule has 1 N–H and O–H groups in total. The van der Waals surface area contributed by atoms with E-state index in [0.29, 0.717) is 11.7 Å². The quantitative estimate of drug-likeness (QED) is 0.809. The van der Waals surface area contributed by atoms with Gasteiger partial charge in [0.1, 0.15) is 12.2 Å². The summed E-state index contributed by atoms with van der Waals surface area (Å²) in [7, 11) is 0. The third-order valence-electron chi connectivity index (χ3n) is 2.19. The summed E-state index contributed by atoms with van der Waals surface area (Å²) in [5.74, 6) is 1.40. The summed E-state index contributed by atoms with van der Waals surface area (Å²) in [6.07, 6.45) is 1.74. The summed E-state index contributed by atoms with van der Waals surface area (Å²) in [6.45, 7) is 7.03. The van der Waals surface area contributed by atoms with Gasteiger partial charge in [0.05, 0.1) is 12.2 Å². The molecule has 0 aliphatic carbocycles. The van der Waals surface area contributed by atoms with E-state index in [2.05, 4.69) is 23.9 Å². The van der Waals surface area contributed by atoms with E-state index in [0.717, 1.165) is 12.4 Å². The van der Waals surface area contributed by atoms with Crippen LogP contribution < -0.4 is 0 Å². The molecule has 0 fully saturated rings. The topological polar surface area (TPSA) is 68.0 Å². The summed E-state index contributed by atoms with van der Waals surface area (Å²) in [5, 5.41) is 12.9. The molecule has 0 bridgehead atoms. The van der Waals surface area contributed by atoms with Crippen molar-refractivity contribution >= 4 is 17.7 Å². The average Bonchev–Trinajstić information content (AvgIpc) is 2.60. The fraction of sp³-hybridized carbons (Fsp3) is 0.727. The molecule has 1 aromatic heterocycles. The van der Waals surface area contributed by atoms with Gasteiger partial charge in [-0.2, -0.15) is 16.9 Å². The zero-order chi connectivity index (χ0) is 12.8. The Labute approximate surface area is 106 Å². The Morgan fingerprint density at radius 1 is 1.53 bits per heavy atom. The van der Waals surface area contributed by atoms with E-state index in [-0.39, 0.29) is 11.7 Å². The van der Waals surface area contributed by atoms with Gasteiger partial charge in [-0.1, -0.05) is 20.8 Å². The van der Waals surface area contributed by atoms with Gasteiger partial charge in [-0.3, -0.25) is 4.79 Å². The minimum atomic E-state index is -0.756. The Hall–Kier alpha value is -1.04. The highest BCUT2D eigenvalue weighted by Crippen LogP contribution is 2.19. The van der Waals surface area contributed by atoms with Crippen LogP contribution in [0.25, 0.3) is 0 Å². The van der Waals surface area contributed by atoms with Crippen LogP contribution in [-0.4, -0.2) is 31.1 Å². The van der Waals surface area contributed by atoms with Crippen molar-refractivity contribution in [3.8, 4) is 0 Å². The number of nitrogens with zero attached hydrogens (tertiary/aromatic N) is 3. The van der Waals surface area contributed by atoms with Crippen LogP contribution in [0.3, 0.4) is 0 Å². The molecule has 0 radical (unpaired) electrons. The van der Waals surface area contributed by atoms with Gasteiger partial charge in [0.15, 0.2) is 0 Å². The Morgan fingerprint density at radius 2 is 2.24 bits per heavy atom. The fourth-order valence-electron chi connectivity index (χ4n) is 1.42. The van der Waals surface area contributed by atoms with Crippen LogP contribution >= 0.6 is 11.8 Å². The van der Waals surface area contributed by atoms with Gasteiger partial charge in [0, 0.05) is 11.8 Å². The van der Waals surface area contributed by atoms with E-state index >= 15 is 0 Å². The average molecular weight is 257 g/mol. The second-order valence-electron chi connectivity index (χ2n) is 4.47. The number of thioether (sulfide) groups is 1. The lowest BCUT2D eigenvalue weighted by atomic mass is 10.2. The third-order valence-corrected chi connectivity index (χ3v) is 3.35. The molecule has 0 saturated carbocycles. The smallest absolute Gasteiger partial charge is 0.304 e. The van der Waals surface area contributed by atoms with Crippen LogP contribution in [0.4, 0.5) is 0 Å². The molecule has 96 valence electrons. The van der Waals surface area contributed by atoms with E-state index in [4.69, 9.17) is 5.11 Å².